The molecule has 3 amide bonds. The standard InChI is InChI=1S/C18H26N6O10/c1-7(25)14(24-15(30)9(19)3-12(26)27)17(32)22-10(4-13(28)29)16(31)23-11(18(33)34)2-8-5-20-6-21-8/h5-7,9-11,14,25H,2-4,19H2,1H3,(H,20,21)(H,22,32)(H,23,31)(H,24,30)(H,26,27)(H,28,29)(H,33,34). The minimum Gasteiger partial charge on any atom is -0.481 e. The van der Waals surface area contributed by atoms with E-state index >= 15 is 0 Å². The van der Waals surface area contributed by atoms with Crippen molar-refractivity contribution < 1.29 is 49.2 Å². The summed E-state index contributed by atoms with van der Waals surface area (Å²) in [5.74, 6) is -7.77. The Morgan fingerprint density at radius 2 is 1.53 bits per heavy atom. The minimum atomic E-state index is -1.78. The number of nitrogens with zero attached hydrogens (tertiary/aromatic N) is 1. The van der Waals surface area contributed by atoms with E-state index in [1.165, 1.54) is 12.5 Å². The molecule has 5 unspecified atom stereocenters. The van der Waals surface area contributed by atoms with Crippen molar-refractivity contribution in [3.05, 3.63) is 18.2 Å². The molecular weight excluding hydrogens is 460 g/mol. The molecule has 1 rings (SSSR count). The number of aromatic amines is 1. The molecule has 0 saturated heterocycles. The predicted octanol–water partition coefficient (Wildman–Crippen LogP) is -3.85. The molecule has 0 saturated carbocycles. The van der Waals surface area contributed by atoms with E-state index in [1.54, 1.807) is 0 Å². The molecule has 0 aromatic carbocycles. The van der Waals surface area contributed by atoms with Gasteiger partial charge in [-0.05, 0) is 6.92 Å². The summed E-state index contributed by atoms with van der Waals surface area (Å²) >= 11 is 0. The van der Waals surface area contributed by atoms with Crippen molar-refractivity contribution in [2.75, 3.05) is 0 Å². The van der Waals surface area contributed by atoms with Crippen LogP contribution in [0.2, 0.25) is 0 Å². The van der Waals surface area contributed by atoms with Crippen LogP contribution in [0.15, 0.2) is 12.5 Å². The highest BCUT2D eigenvalue weighted by molar-refractivity contribution is 5.96. The zero-order valence-electron chi connectivity index (χ0n) is 17.9. The number of aliphatic carboxylic acids is 3. The highest BCUT2D eigenvalue weighted by atomic mass is 16.4. The average molecular weight is 486 g/mol. The summed E-state index contributed by atoms with van der Waals surface area (Å²) in [7, 11) is 0. The average Bonchev–Trinajstić information content (AvgIpc) is 3.22. The topological polar surface area (TPSA) is 274 Å². The predicted molar refractivity (Wildman–Crippen MR) is 110 cm³/mol. The minimum absolute atomic E-state index is 0.220. The first-order valence-electron chi connectivity index (χ1n) is 9.80. The van der Waals surface area contributed by atoms with E-state index < -0.39 is 78.7 Å². The maximum atomic E-state index is 12.6. The Labute approximate surface area is 191 Å². The number of aromatic nitrogens is 2. The number of carboxylic acids is 3. The van der Waals surface area contributed by atoms with Gasteiger partial charge in [0.05, 0.1) is 31.3 Å². The van der Waals surface area contributed by atoms with Gasteiger partial charge in [-0.1, -0.05) is 0 Å². The summed E-state index contributed by atoms with van der Waals surface area (Å²) in [6.07, 6.45) is -0.881. The van der Waals surface area contributed by atoms with Crippen LogP contribution in [0.4, 0.5) is 0 Å². The lowest BCUT2D eigenvalue weighted by Crippen LogP contribution is -2.60. The summed E-state index contributed by atoms with van der Waals surface area (Å²) in [6, 6.07) is -6.55. The number of imidazole rings is 1. The summed E-state index contributed by atoms with van der Waals surface area (Å²) in [4.78, 5) is 77.0. The molecule has 34 heavy (non-hydrogen) atoms. The number of rotatable bonds is 14. The van der Waals surface area contributed by atoms with Gasteiger partial charge in [-0.3, -0.25) is 24.0 Å². The zero-order chi connectivity index (χ0) is 26.0. The molecule has 0 fully saturated rings. The molecule has 16 nitrogen and oxygen atoms in total. The summed E-state index contributed by atoms with van der Waals surface area (Å²) in [5, 5.41) is 43.2. The van der Waals surface area contributed by atoms with Gasteiger partial charge < -0.3 is 47.1 Å². The number of carbonyl (C=O) groups is 6. The molecule has 0 bridgehead atoms. The lowest BCUT2D eigenvalue weighted by Gasteiger charge is -2.25. The zero-order valence-corrected chi connectivity index (χ0v) is 17.9. The Bertz CT molecular complexity index is 903. The molecule has 1 aromatic rings. The van der Waals surface area contributed by atoms with E-state index in [9.17, 15) is 39.0 Å². The molecule has 0 spiro atoms. The Hall–Kier alpha value is -4.05. The third kappa shape index (κ3) is 9.21. The van der Waals surface area contributed by atoms with Crippen LogP contribution >= 0.6 is 0 Å². The van der Waals surface area contributed by atoms with Gasteiger partial charge in [0.1, 0.15) is 18.1 Å². The van der Waals surface area contributed by atoms with Gasteiger partial charge in [0.15, 0.2) is 0 Å². The smallest absolute Gasteiger partial charge is 0.326 e. The first-order chi connectivity index (χ1) is 15.8. The monoisotopic (exact) mass is 486 g/mol. The quantitative estimate of drug-likeness (QED) is 0.122. The number of carboxylic acid groups (broad SMARTS) is 3. The van der Waals surface area contributed by atoms with E-state index in [-0.39, 0.29) is 6.42 Å². The third-order valence-corrected chi connectivity index (χ3v) is 4.40. The summed E-state index contributed by atoms with van der Waals surface area (Å²) < 4.78 is 0. The van der Waals surface area contributed by atoms with Gasteiger partial charge in [0.2, 0.25) is 17.7 Å². The van der Waals surface area contributed by atoms with Gasteiger partial charge in [-0.15, -0.1) is 0 Å². The normalized spacial score (nSPS) is 15.1. The lowest BCUT2D eigenvalue weighted by molar-refractivity contribution is -0.143. The largest absolute Gasteiger partial charge is 0.481 e. The number of amides is 3. The van der Waals surface area contributed by atoms with Crippen LogP contribution in [0.3, 0.4) is 0 Å². The van der Waals surface area contributed by atoms with Crippen LogP contribution in [-0.4, -0.2) is 96.3 Å². The third-order valence-electron chi connectivity index (χ3n) is 4.40. The number of nitrogens with two attached hydrogens (primary N) is 1. The summed E-state index contributed by atoms with van der Waals surface area (Å²) in [6.45, 7) is 1.10. The highest BCUT2D eigenvalue weighted by Gasteiger charge is 2.33. The Morgan fingerprint density at radius 3 is 2.00 bits per heavy atom. The van der Waals surface area contributed by atoms with Gasteiger partial charge in [-0.25, -0.2) is 9.78 Å². The molecule has 10 N–H and O–H groups in total. The maximum absolute atomic E-state index is 12.6. The van der Waals surface area contributed by atoms with Crippen molar-refractivity contribution in [2.45, 2.75) is 56.5 Å². The molecule has 5 atom stereocenters. The van der Waals surface area contributed by atoms with Crippen LogP contribution < -0.4 is 21.7 Å². The maximum Gasteiger partial charge on any atom is 0.326 e. The highest BCUT2D eigenvalue weighted by Crippen LogP contribution is 2.03. The van der Waals surface area contributed by atoms with Crippen LogP contribution in [-0.2, 0) is 35.2 Å². The van der Waals surface area contributed by atoms with Gasteiger partial charge in [-0.2, -0.15) is 0 Å². The number of aliphatic hydroxyl groups excluding tert-OH is 1. The molecule has 1 aromatic heterocycles. The van der Waals surface area contributed by atoms with Gasteiger partial charge in [0, 0.05) is 18.3 Å². The van der Waals surface area contributed by atoms with Crippen LogP contribution in [0, 0.1) is 0 Å². The number of nitrogens with one attached hydrogen (secondary N) is 4. The Morgan fingerprint density at radius 1 is 0.941 bits per heavy atom. The Balaban J connectivity index is 2.96. The van der Waals surface area contributed by atoms with Crippen molar-refractivity contribution in [1.82, 2.24) is 25.9 Å². The van der Waals surface area contributed by atoms with E-state index in [2.05, 4.69) is 15.3 Å². The second-order valence-corrected chi connectivity index (χ2v) is 7.27. The van der Waals surface area contributed by atoms with E-state index in [4.69, 9.17) is 15.9 Å². The molecule has 0 aliphatic carbocycles. The second kappa shape index (κ2) is 12.9. The van der Waals surface area contributed by atoms with Gasteiger partial charge >= 0.3 is 17.9 Å². The number of hydrogen-bond acceptors (Lipinski definition) is 9. The fourth-order valence-corrected chi connectivity index (χ4v) is 2.68. The number of carbonyl (C=O) groups excluding carboxylic acids is 3. The van der Waals surface area contributed by atoms with Crippen molar-refractivity contribution in [3.8, 4) is 0 Å². The van der Waals surface area contributed by atoms with E-state index in [1.807, 2.05) is 10.6 Å². The molecular formula is C18H26N6O10. The second-order valence-electron chi connectivity index (χ2n) is 7.27. The van der Waals surface area contributed by atoms with Crippen LogP contribution in [0.1, 0.15) is 25.5 Å². The lowest BCUT2D eigenvalue weighted by atomic mass is 10.1. The SMILES string of the molecule is CC(O)C(NC(=O)C(N)CC(=O)O)C(=O)NC(CC(=O)O)C(=O)NC(Cc1cnc[nH]1)C(=O)O. The fourth-order valence-electron chi connectivity index (χ4n) is 2.68. The first kappa shape index (κ1) is 28.0. The molecule has 0 aliphatic heterocycles. The van der Waals surface area contributed by atoms with Gasteiger partial charge in [0.25, 0.3) is 0 Å². The van der Waals surface area contributed by atoms with Crippen molar-refractivity contribution >= 4 is 35.6 Å². The fraction of sp³-hybridized carbons (Fsp3) is 0.500. The molecule has 16 heteroatoms. The first-order valence-corrected chi connectivity index (χ1v) is 9.80. The molecule has 0 aliphatic rings. The molecule has 0 radical (unpaired) electrons. The number of H-pyrrole nitrogens is 1. The van der Waals surface area contributed by atoms with Crippen molar-refractivity contribution in [2.24, 2.45) is 5.73 Å². The van der Waals surface area contributed by atoms with E-state index in [0.29, 0.717) is 5.69 Å². The molecule has 1 heterocycles. The van der Waals surface area contributed by atoms with E-state index in [0.717, 1.165) is 6.92 Å². The Kier molecular flexibility index (Phi) is 10.6. The van der Waals surface area contributed by atoms with Crippen LogP contribution in [0.25, 0.3) is 0 Å². The molecule has 188 valence electrons. The van der Waals surface area contributed by atoms with Crippen molar-refractivity contribution in [3.63, 3.8) is 0 Å². The van der Waals surface area contributed by atoms with Crippen LogP contribution in [0.5, 0.6) is 0 Å². The number of aliphatic hydroxyl groups is 1. The number of hydrogen-bond donors (Lipinski definition) is 9. The summed E-state index contributed by atoms with van der Waals surface area (Å²) in [5.41, 5.74) is 5.77. The van der Waals surface area contributed by atoms with Crippen molar-refractivity contribution in [1.29, 1.82) is 0 Å².